The highest BCUT2D eigenvalue weighted by Gasteiger charge is 2.15. The Kier molecular flexibility index (Phi) is 5.35. The fraction of sp³-hybridized carbons (Fsp3) is 0.286. The molecule has 0 fully saturated rings. The number of benzene rings is 1. The number of rotatable bonds is 7. The van der Waals surface area contributed by atoms with Gasteiger partial charge in [0.25, 0.3) is 0 Å². The van der Waals surface area contributed by atoms with E-state index in [-0.39, 0.29) is 5.75 Å². The number of hydrogen-bond donors (Lipinski definition) is 3. The Morgan fingerprint density at radius 2 is 1.81 bits per heavy atom. The van der Waals surface area contributed by atoms with Crippen molar-refractivity contribution in [1.29, 1.82) is 0 Å². The third-order valence-corrected chi connectivity index (χ3v) is 6.03. The van der Waals surface area contributed by atoms with E-state index in [2.05, 4.69) is 4.72 Å². The maximum Gasteiger partial charge on any atom is 0.250 e. The van der Waals surface area contributed by atoms with Gasteiger partial charge in [0.2, 0.25) is 10.0 Å². The third kappa shape index (κ3) is 4.53. The summed E-state index contributed by atoms with van der Waals surface area (Å²) in [6, 6.07) is 10.1. The van der Waals surface area contributed by atoms with Gasteiger partial charge in [-0.05, 0) is 49.2 Å². The molecule has 114 valence electrons. The van der Waals surface area contributed by atoms with Gasteiger partial charge >= 0.3 is 0 Å². The van der Waals surface area contributed by atoms with Gasteiger partial charge in [0.1, 0.15) is 9.96 Å². The maximum atomic E-state index is 12.1. The fourth-order valence-corrected chi connectivity index (χ4v) is 4.29. The fourth-order valence-electron chi connectivity index (χ4n) is 1.84. The molecule has 7 heteroatoms. The molecular formula is C14H18N2O3S2. The predicted molar refractivity (Wildman–Crippen MR) is 84.1 cm³/mol. The largest absolute Gasteiger partial charge is 0.508 e. The van der Waals surface area contributed by atoms with Crippen LogP contribution in [0.3, 0.4) is 0 Å². The lowest BCUT2D eigenvalue weighted by molar-refractivity contribution is 0.475. The normalized spacial score (nSPS) is 11.7. The lowest BCUT2D eigenvalue weighted by Crippen LogP contribution is -2.25. The molecule has 2 rings (SSSR count). The standard InChI is InChI=1S/C14H18N2O3S2/c15-9-7-13-5-6-14(20-13)21(18,19)16-10-8-11-1-3-12(17)4-2-11/h1-6,16-17H,7-10,15H2. The lowest BCUT2D eigenvalue weighted by Gasteiger charge is -2.05. The van der Waals surface area contributed by atoms with Gasteiger partial charge in [0, 0.05) is 11.4 Å². The molecule has 0 aliphatic heterocycles. The van der Waals surface area contributed by atoms with E-state index in [1.54, 1.807) is 36.4 Å². The highest BCUT2D eigenvalue weighted by atomic mass is 32.2. The minimum Gasteiger partial charge on any atom is -0.508 e. The van der Waals surface area contributed by atoms with E-state index in [4.69, 9.17) is 5.73 Å². The van der Waals surface area contributed by atoms with Crippen LogP contribution in [-0.4, -0.2) is 26.6 Å². The van der Waals surface area contributed by atoms with Gasteiger partial charge in [-0.2, -0.15) is 0 Å². The summed E-state index contributed by atoms with van der Waals surface area (Å²) in [5.74, 6) is 0.199. The van der Waals surface area contributed by atoms with Crippen molar-refractivity contribution in [2.24, 2.45) is 5.73 Å². The van der Waals surface area contributed by atoms with E-state index in [1.165, 1.54) is 11.3 Å². The van der Waals surface area contributed by atoms with Crippen molar-refractivity contribution in [3.63, 3.8) is 0 Å². The SMILES string of the molecule is NCCc1ccc(S(=O)(=O)NCCc2ccc(O)cc2)s1. The molecule has 0 unspecified atom stereocenters. The quantitative estimate of drug-likeness (QED) is 0.718. The molecule has 1 aromatic carbocycles. The maximum absolute atomic E-state index is 12.1. The second-order valence-electron chi connectivity index (χ2n) is 4.57. The molecule has 0 atom stereocenters. The molecule has 0 saturated carbocycles. The summed E-state index contributed by atoms with van der Waals surface area (Å²) in [6.45, 7) is 0.825. The minimum atomic E-state index is -3.46. The van der Waals surface area contributed by atoms with Crippen molar-refractivity contribution in [3.05, 3.63) is 46.8 Å². The molecule has 0 spiro atoms. The first kappa shape index (κ1) is 16.0. The number of sulfonamides is 1. The molecule has 0 aliphatic carbocycles. The molecule has 1 aromatic heterocycles. The summed E-state index contributed by atoms with van der Waals surface area (Å²) in [7, 11) is -3.46. The first-order chi connectivity index (χ1) is 10.0. The van der Waals surface area contributed by atoms with Crippen LogP contribution in [0.2, 0.25) is 0 Å². The number of phenols is 1. The van der Waals surface area contributed by atoms with Crippen molar-refractivity contribution in [2.75, 3.05) is 13.1 Å². The Morgan fingerprint density at radius 3 is 2.48 bits per heavy atom. The summed E-state index contributed by atoms with van der Waals surface area (Å²) < 4.78 is 27.1. The van der Waals surface area contributed by atoms with Crippen molar-refractivity contribution in [1.82, 2.24) is 4.72 Å². The lowest BCUT2D eigenvalue weighted by atomic mass is 10.1. The number of nitrogens with two attached hydrogens (primary N) is 1. The molecule has 1 heterocycles. The monoisotopic (exact) mass is 326 g/mol. The second-order valence-corrected chi connectivity index (χ2v) is 7.74. The van der Waals surface area contributed by atoms with Gasteiger partial charge in [-0.1, -0.05) is 12.1 Å². The Hall–Kier alpha value is -1.41. The van der Waals surface area contributed by atoms with Crippen LogP contribution in [0.25, 0.3) is 0 Å². The van der Waals surface area contributed by atoms with E-state index in [1.807, 2.05) is 0 Å². The van der Waals surface area contributed by atoms with E-state index in [9.17, 15) is 13.5 Å². The Morgan fingerprint density at radius 1 is 1.10 bits per heavy atom. The molecule has 0 radical (unpaired) electrons. The number of hydrogen-bond acceptors (Lipinski definition) is 5. The highest BCUT2D eigenvalue weighted by Crippen LogP contribution is 2.21. The Bertz CT molecular complexity index is 678. The smallest absolute Gasteiger partial charge is 0.250 e. The van der Waals surface area contributed by atoms with E-state index in [0.717, 1.165) is 10.4 Å². The number of nitrogens with one attached hydrogen (secondary N) is 1. The minimum absolute atomic E-state index is 0.199. The van der Waals surface area contributed by atoms with Crippen LogP contribution in [0.1, 0.15) is 10.4 Å². The van der Waals surface area contributed by atoms with Gasteiger partial charge in [0.05, 0.1) is 0 Å². The van der Waals surface area contributed by atoms with Crippen LogP contribution in [0, 0.1) is 0 Å². The molecule has 0 amide bonds. The highest BCUT2D eigenvalue weighted by molar-refractivity contribution is 7.91. The van der Waals surface area contributed by atoms with Crippen LogP contribution in [0.5, 0.6) is 5.75 Å². The topological polar surface area (TPSA) is 92.4 Å². The molecule has 0 aliphatic rings. The summed E-state index contributed by atoms with van der Waals surface area (Å²) in [5, 5.41) is 9.19. The molecule has 4 N–H and O–H groups in total. The van der Waals surface area contributed by atoms with Crippen LogP contribution >= 0.6 is 11.3 Å². The zero-order valence-corrected chi connectivity index (χ0v) is 13.1. The van der Waals surface area contributed by atoms with Gasteiger partial charge in [-0.3, -0.25) is 0 Å². The first-order valence-corrected chi connectivity index (χ1v) is 8.87. The zero-order chi connectivity index (χ0) is 15.3. The van der Waals surface area contributed by atoms with Crippen molar-refractivity contribution >= 4 is 21.4 Å². The molecule has 0 bridgehead atoms. The summed E-state index contributed by atoms with van der Waals surface area (Å²) in [6.07, 6.45) is 1.26. The Labute approximate surface area is 128 Å². The molecular weight excluding hydrogens is 308 g/mol. The van der Waals surface area contributed by atoms with Gasteiger partial charge < -0.3 is 10.8 Å². The number of aromatic hydroxyl groups is 1. The van der Waals surface area contributed by atoms with Crippen LogP contribution < -0.4 is 10.5 Å². The molecule has 21 heavy (non-hydrogen) atoms. The van der Waals surface area contributed by atoms with Crippen LogP contribution in [0.4, 0.5) is 0 Å². The van der Waals surface area contributed by atoms with E-state index >= 15 is 0 Å². The Balaban J connectivity index is 1.92. The van der Waals surface area contributed by atoms with E-state index in [0.29, 0.717) is 30.1 Å². The summed E-state index contributed by atoms with van der Waals surface area (Å²) >= 11 is 1.25. The molecule has 2 aromatic rings. The van der Waals surface area contributed by atoms with Crippen LogP contribution in [0.15, 0.2) is 40.6 Å². The van der Waals surface area contributed by atoms with E-state index < -0.39 is 10.0 Å². The third-order valence-electron chi connectivity index (χ3n) is 2.93. The van der Waals surface area contributed by atoms with Crippen molar-refractivity contribution < 1.29 is 13.5 Å². The average molecular weight is 326 g/mol. The average Bonchev–Trinajstić information content (AvgIpc) is 2.91. The summed E-state index contributed by atoms with van der Waals surface area (Å²) in [5.41, 5.74) is 6.42. The van der Waals surface area contributed by atoms with Gasteiger partial charge in [0.15, 0.2) is 0 Å². The molecule has 5 nitrogen and oxygen atoms in total. The second kappa shape index (κ2) is 7.04. The zero-order valence-electron chi connectivity index (χ0n) is 11.5. The molecule has 0 saturated heterocycles. The number of phenolic OH excluding ortho intramolecular Hbond substituents is 1. The van der Waals surface area contributed by atoms with Crippen molar-refractivity contribution in [2.45, 2.75) is 17.1 Å². The van der Waals surface area contributed by atoms with Crippen LogP contribution in [-0.2, 0) is 22.9 Å². The predicted octanol–water partition coefficient (Wildman–Crippen LogP) is 1.48. The van der Waals surface area contributed by atoms with Gasteiger partial charge in [-0.25, -0.2) is 13.1 Å². The van der Waals surface area contributed by atoms with Gasteiger partial charge in [-0.15, -0.1) is 11.3 Å². The first-order valence-electron chi connectivity index (χ1n) is 6.57. The number of thiophene rings is 1. The van der Waals surface area contributed by atoms with Crippen molar-refractivity contribution in [3.8, 4) is 5.75 Å². The summed E-state index contributed by atoms with van der Waals surface area (Å²) in [4.78, 5) is 0.969.